The predicted molar refractivity (Wildman–Crippen MR) is 93.9 cm³/mol. The van der Waals surface area contributed by atoms with Crippen LogP contribution in [0.15, 0.2) is 60.2 Å². The van der Waals surface area contributed by atoms with E-state index in [2.05, 4.69) is 5.32 Å². The SMILES string of the molecule is Cc1ccccc1NC(=O)/C=C/C1=Cc2cc(Cl)ccc2OC1. The van der Waals surface area contributed by atoms with Gasteiger partial charge in [0.05, 0.1) is 0 Å². The molecular weight excluding hydrogens is 310 g/mol. The first-order valence-electron chi connectivity index (χ1n) is 7.29. The lowest BCUT2D eigenvalue weighted by atomic mass is 10.1. The molecule has 0 saturated carbocycles. The van der Waals surface area contributed by atoms with Crippen LogP contribution in [0.2, 0.25) is 5.02 Å². The fraction of sp³-hybridized carbons (Fsp3) is 0.105. The second kappa shape index (κ2) is 6.71. The van der Waals surface area contributed by atoms with Gasteiger partial charge in [0.15, 0.2) is 0 Å². The van der Waals surface area contributed by atoms with Crippen LogP contribution in [0.25, 0.3) is 6.08 Å². The third kappa shape index (κ3) is 3.82. The fourth-order valence-electron chi connectivity index (χ4n) is 2.33. The van der Waals surface area contributed by atoms with Crippen LogP contribution in [0.5, 0.6) is 5.75 Å². The largest absolute Gasteiger partial charge is 0.488 e. The van der Waals surface area contributed by atoms with Crippen LogP contribution in [-0.4, -0.2) is 12.5 Å². The van der Waals surface area contributed by atoms with Gasteiger partial charge in [-0.3, -0.25) is 4.79 Å². The molecule has 0 spiro atoms. The van der Waals surface area contributed by atoms with Crippen molar-refractivity contribution in [1.82, 2.24) is 0 Å². The molecule has 23 heavy (non-hydrogen) atoms. The maximum absolute atomic E-state index is 12.0. The molecule has 0 atom stereocenters. The molecule has 1 N–H and O–H groups in total. The zero-order valence-electron chi connectivity index (χ0n) is 12.7. The molecule has 2 aromatic carbocycles. The zero-order valence-corrected chi connectivity index (χ0v) is 13.4. The highest BCUT2D eigenvalue weighted by Gasteiger charge is 2.10. The Labute approximate surface area is 140 Å². The number of nitrogens with one attached hydrogen (secondary N) is 1. The fourth-order valence-corrected chi connectivity index (χ4v) is 2.51. The van der Waals surface area contributed by atoms with Crippen LogP contribution in [0, 0.1) is 6.92 Å². The predicted octanol–water partition coefficient (Wildman–Crippen LogP) is 4.62. The van der Waals surface area contributed by atoms with Gasteiger partial charge in [-0.1, -0.05) is 35.9 Å². The Kier molecular flexibility index (Phi) is 4.49. The van der Waals surface area contributed by atoms with E-state index in [0.29, 0.717) is 11.6 Å². The number of rotatable bonds is 3. The lowest BCUT2D eigenvalue weighted by molar-refractivity contribution is -0.111. The molecule has 1 heterocycles. The molecule has 0 radical (unpaired) electrons. The minimum atomic E-state index is -0.169. The van der Waals surface area contributed by atoms with Gasteiger partial charge in [-0.25, -0.2) is 0 Å². The molecule has 1 aliphatic heterocycles. The van der Waals surface area contributed by atoms with Gasteiger partial charge >= 0.3 is 0 Å². The first-order chi connectivity index (χ1) is 11.1. The summed E-state index contributed by atoms with van der Waals surface area (Å²) in [6.07, 6.45) is 5.25. The smallest absolute Gasteiger partial charge is 0.248 e. The summed E-state index contributed by atoms with van der Waals surface area (Å²) < 4.78 is 5.65. The van der Waals surface area contributed by atoms with Crippen LogP contribution in [0.1, 0.15) is 11.1 Å². The molecular formula is C19H16ClNO2. The number of ether oxygens (including phenoxy) is 1. The van der Waals surface area contributed by atoms with Crippen molar-refractivity contribution in [2.45, 2.75) is 6.92 Å². The number of hydrogen-bond donors (Lipinski definition) is 1. The quantitative estimate of drug-likeness (QED) is 0.836. The third-order valence-electron chi connectivity index (χ3n) is 3.56. The van der Waals surface area contributed by atoms with Crippen LogP contribution in [-0.2, 0) is 4.79 Å². The average Bonchev–Trinajstić information content (AvgIpc) is 2.54. The van der Waals surface area contributed by atoms with Crippen LogP contribution in [0.4, 0.5) is 5.69 Å². The van der Waals surface area contributed by atoms with Crippen LogP contribution < -0.4 is 10.1 Å². The number of halogens is 1. The van der Waals surface area contributed by atoms with E-state index < -0.39 is 0 Å². The van der Waals surface area contributed by atoms with Crippen molar-refractivity contribution in [3.8, 4) is 5.75 Å². The van der Waals surface area contributed by atoms with Gasteiger partial charge in [0.1, 0.15) is 12.4 Å². The molecule has 0 bridgehead atoms. The number of carbonyl (C=O) groups excluding carboxylic acids is 1. The first-order valence-corrected chi connectivity index (χ1v) is 7.67. The number of carbonyl (C=O) groups is 1. The molecule has 0 fully saturated rings. The molecule has 0 unspecified atom stereocenters. The maximum Gasteiger partial charge on any atom is 0.248 e. The number of anilines is 1. The Morgan fingerprint density at radius 1 is 1.26 bits per heavy atom. The zero-order chi connectivity index (χ0) is 16.2. The van der Waals surface area contributed by atoms with Crippen LogP contribution >= 0.6 is 11.6 Å². The highest BCUT2D eigenvalue weighted by Crippen LogP contribution is 2.29. The van der Waals surface area contributed by atoms with Crippen molar-refractivity contribution in [2.75, 3.05) is 11.9 Å². The van der Waals surface area contributed by atoms with Gasteiger partial charge in [-0.05, 0) is 48.4 Å². The van der Waals surface area contributed by atoms with Gasteiger partial charge in [0.2, 0.25) is 5.91 Å². The number of benzene rings is 2. The van der Waals surface area contributed by atoms with Crippen molar-refractivity contribution >= 4 is 29.3 Å². The molecule has 0 saturated heterocycles. The van der Waals surface area contributed by atoms with E-state index in [-0.39, 0.29) is 5.91 Å². The topological polar surface area (TPSA) is 38.3 Å². The van der Waals surface area contributed by atoms with E-state index in [9.17, 15) is 4.79 Å². The van der Waals surface area contributed by atoms with Crippen molar-refractivity contribution in [1.29, 1.82) is 0 Å². The Morgan fingerprint density at radius 2 is 2.09 bits per heavy atom. The van der Waals surface area contributed by atoms with E-state index in [4.69, 9.17) is 16.3 Å². The number of amides is 1. The molecule has 2 aromatic rings. The van der Waals surface area contributed by atoms with Crippen molar-refractivity contribution in [3.05, 3.63) is 76.3 Å². The van der Waals surface area contributed by atoms with E-state index in [1.165, 1.54) is 6.08 Å². The van der Waals surface area contributed by atoms with E-state index in [1.54, 1.807) is 12.1 Å². The number of para-hydroxylation sites is 1. The van der Waals surface area contributed by atoms with Gasteiger partial charge in [0.25, 0.3) is 0 Å². The number of hydrogen-bond acceptors (Lipinski definition) is 2. The standard InChI is InChI=1S/C19H16ClNO2/c1-13-4-2-3-5-17(13)21-19(22)9-6-14-10-15-11-16(20)7-8-18(15)23-12-14/h2-11H,12H2,1H3,(H,21,22)/b9-6+. The summed E-state index contributed by atoms with van der Waals surface area (Å²) >= 11 is 5.99. The summed E-state index contributed by atoms with van der Waals surface area (Å²) in [5, 5.41) is 3.52. The highest BCUT2D eigenvalue weighted by molar-refractivity contribution is 6.30. The Hall–Kier alpha value is -2.52. The summed E-state index contributed by atoms with van der Waals surface area (Å²) in [6, 6.07) is 13.2. The molecule has 4 heteroatoms. The Balaban J connectivity index is 1.71. The van der Waals surface area contributed by atoms with Gasteiger partial charge < -0.3 is 10.1 Å². The van der Waals surface area contributed by atoms with Crippen molar-refractivity contribution in [3.63, 3.8) is 0 Å². The lowest BCUT2D eigenvalue weighted by Gasteiger charge is -2.16. The summed E-state index contributed by atoms with van der Waals surface area (Å²) in [7, 11) is 0. The summed E-state index contributed by atoms with van der Waals surface area (Å²) in [6.45, 7) is 2.39. The second-order valence-electron chi connectivity index (χ2n) is 5.33. The molecule has 1 amide bonds. The molecule has 1 aliphatic rings. The normalized spacial score (nSPS) is 13.2. The molecule has 3 rings (SSSR count). The van der Waals surface area contributed by atoms with Gasteiger partial charge in [-0.2, -0.15) is 0 Å². The summed E-state index contributed by atoms with van der Waals surface area (Å²) in [4.78, 5) is 12.0. The molecule has 116 valence electrons. The summed E-state index contributed by atoms with van der Waals surface area (Å²) in [5.41, 5.74) is 3.67. The molecule has 0 aliphatic carbocycles. The van der Waals surface area contributed by atoms with Crippen molar-refractivity contribution in [2.24, 2.45) is 0 Å². The van der Waals surface area contributed by atoms with Crippen LogP contribution in [0.3, 0.4) is 0 Å². The maximum atomic E-state index is 12.0. The second-order valence-corrected chi connectivity index (χ2v) is 5.76. The highest BCUT2D eigenvalue weighted by atomic mass is 35.5. The summed E-state index contributed by atoms with van der Waals surface area (Å²) in [5.74, 6) is 0.632. The first kappa shape index (κ1) is 15.4. The lowest BCUT2D eigenvalue weighted by Crippen LogP contribution is -2.10. The van der Waals surface area contributed by atoms with E-state index >= 15 is 0 Å². The minimum absolute atomic E-state index is 0.169. The van der Waals surface area contributed by atoms with Gasteiger partial charge in [0, 0.05) is 22.3 Å². The molecule has 0 aromatic heterocycles. The average molecular weight is 326 g/mol. The monoisotopic (exact) mass is 325 g/mol. The Bertz CT molecular complexity index is 809. The van der Waals surface area contributed by atoms with E-state index in [1.807, 2.05) is 49.4 Å². The minimum Gasteiger partial charge on any atom is -0.488 e. The number of aryl methyl sites for hydroxylation is 1. The van der Waals surface area contributed by atoms with Gasteiger partial charge in [-0.15, -0.1) is 0 Å². The Morgan fingerprint density at radius 3 is 2.91 bits per heavy atom. The van der Waals surface area contributed by atoms with E-state index in [0.717, 1.165) is 28.1 Å². The molecule has 3 nitrogen and oxygen atoms in total. The number of fused-ring (bicyclic) bond motifs is 1. The third-order valence-corrected chi connectivity index (χ3v) is 3.79. The van der Waals surface area contributed by atoms with Crippen molar-refractivity contribution < 1.29 is 9.53 Å².